The van der Waals surface area contributed by atoms with Crippen LogP contribution in [0.2, 0.25) is 0 Å². The largest absolute Gasteiger partial charge is 0.313 e. The molecule has 3 heteroatoms. The second-order valence-electron chi connectivity index (χ2n) is 4.67. The number of rotatable bonds is 5. The molecule has 14 heavy (non-hydrogen) atoms. The number of likely N-dealkylation sites (N-methyl/N-ethyl adjacent to an activating group) is 1. The number of thioether (sulfide) groups is 1. The van der Waals surface area contributed by atoms with Crippen LogP contribution >= 0.6 is 11.8 Å². The Morgan fingerprint density at radius 2 is 2.29 bits per heavy atom. The van der Waals surface area contributed by atoms with Gasteiger partial charge >= 0.3 is 0 Å². The highest BCUT2D eigenvalue weighted by molar-refractivity contribution is 8.00. The molecule has 2 nitrogen and oxygen atoms in total. The van der Waals surface area contributed by atoms with Crippen LogP contribution in [0.4, 0.5) is 0 Å². The lowest BCUT2D eigenvalue weighted by Gasteiger charge is -2.21. The minimum atomic E-state index is 0.654. The molecule has 1 aliphatic carbocycles. The standard InChI is InChI=1S/C11H22N2S/c1-3-12-10-4-7-13(8-10)9-11(14-2)5-6-11/h10,12H,3-9H2,1-2H3. The molecular weight excluding hydrogens is 192 g/mol. The normalized spacial score (nSPS) is 30.9. The van der Waals surface area contributed by atoms with E-state index in [4.69, 9.17) is 0 Å². The summed E-state index contributed by atoms with van der Waals surface area (Å²) >= 11 is 2.08. The molecule has 1 heterocycles. The number of hydrogen-bond donors (Lipinski definition) is 1. The third-order valence-corrected chi connectivity index (χ3v) is 4.92. The van der Waals surface area contributed by atoms with Gasteiger partial charge in [-0.25, -0.2) is 0 Å². The van der Waals surface area contributed by atoms with E-state index in [1.165, 1.54) is 38.9 Å². The molecule has 2 rings (SSSR count). The van der Waals surface area contributed by atoms with Gasteiger partial charge in [-0.3, -0.25) is 0 Å². The number of hydrogen-bond acceptors (Lipinski definition) is 3. The molecule has 0 aromatic rings. The third-order valence-electron chi connectivity index (χ3n) is 3.52. The smallest absolute Gasteiger partial charge is 0.0285 e. The summed E-state index contributed by atoms with van der Waals surface area (Å²) in [5.74, 6) is 0. The highest BCUT2D eigenvalue weighted by atomic mass is 32.2. The van der Waals surface area contributed by atoms with Crippen LogP contribution in [0, 0.1) is 0 Å². The quantitative estimate of drug-likeness (QED) is 0.748. The van der Waals surface area contributed by atoms with Crippen molar-refractivity contribution < 1.29 is 0 Å². The highest BCUT2D eigenvalue weighted by Gasteiger charge is 2.43. The first-order valence-corrected chi connectivity index (χ1v) is 7.01. The topological polar surface area (TPSA) is 15.3 Å². The maximum atomic E-state index is 3.55. The second kappa shape index (κ2) is 4.42. The molecule has 2 aliphatic rings. The van der Waals surface area contributed by atoms with Gasteiger partial charge in [-0.1, -0.05) is 6.92 Å². The Morgan fingerprint density at radius 3 is 2.86 bits per heavy atom. The molecular formula is C11H22N2S. The van der Waals surface area contributed by atoms with Gasteiger partial charge in [0.2, 0.25) is 0 Å². The van der Waals surface area contributed by atoms with Gasteiger partial charge in [0.25, 0.3) is 0 Å². The fourth-order valence-corrected chi connectivity index (χ4v) is 3.23. The Labute approximate surface area is 91.8 Å². The van der Waals surface area contributed by atoms with E-state index in [9.17, 15) is 0 Å². The first-order chi connectivity index (χ1) is 6.78. The van der Waals surface area contributed by atoms with Gasteiger partial charge in [0.05, 0.1) is 0 Å². The van der Waals surface area contributed by atoms with Crippen molar-refractivity contribution in [2.75, 3.05) is 32.4 Å². The van der Waals surface area contributed by atoms with E-state index in [2.05, 4.69) is 35.2 Å². The molecule has 82 valence electrons. The van der Waals surface area contributed by atoms with E-state index in [1.807, 2.05) is 0 Å². The highest BCUT2D eigenvalue weighted by Crippen LogP contribution is 2.47. The van der Waals surface area contributed by atoms with Crippen molar-refractivity contribution in [3.05, 3.63) is 0 Å². The molecule has 0 amide bonds. The van der Waals surface area contributed by atoms with Gasteiger partial charge in [0, 0.05) is 23.9 Å². The maximum absolute atomic E-state index is 3.55. The Morgan fingerprint density at radius 1 is 1.50 bits per heavy atom. The Balaban J connectivity index is 1.73. The SMILES string of the molecule is CCNC1CCN(CC2(SC)CC2)C1. The summed E-state index contributed by atoms with van der Waals surface area (Å²) in [4.78, 5) is 2.65. The Bertz CT molecular complexity index is 192. The number of likely N-dealkylation sites (tertiary alicyclic amines) is 1. The van der Waals surface area contributed by atoms with E-state index in [0.29, 0.717) is 4.75 Å². The van der Waals surface area contributed by atoms with Crippen molar-refractivity contribution in [2.45, 2.75) is 37.0 Å². The monoisotopic (exact) mass is 214 g/mol. The fraction of sp³-hybridized carbons (Fsp3) is 1.00. The van der Waals surface area contributed by atoms with Crippen LogP contribution in [0.3, 0.4) is 0 Å². The fourth-order valence-electron chi connectivity index (χ4n) is 2.41. The van der Waals surface area contributed by atoms with Gasteiger partial charge in [0.1, 0.15) is 0 Å². The zero-order valence-electron chi connectivity index (χ0n) is 9.38. The lowest BCUT2D eigenvalue weighted by Crippen LogP contribution is -2.35. The summed E-state index contributed by atoms with van der Waals surface area (Å²) < 4.78 is 0.654. The zero-order valence-corrected chi connectivity index (χ0v) is 10.2. The van der Waals surface area contributed by atoms with Crippen LogP contribution in [0.1, 0.15) is 26.2 Å². The van der Waals surface area contributed by atoms with E-state index in [-0.39, 0.29) is 0 Å². The minimum absolute atomic E-state index is 0.654. The van der Waals surface area contributed by atoms with Crippen molar-refractivity contribution in [1.82, 2.24) is 10.2 Å². The van der Waals surface area contributed by atoms with Crippen LogP contribution in [-0.4, -0.2) is 48.1 Å². The van der Waals surface area contributed by atoms with Crippen LogP contribution in [-0.2, 0) is 0 Å². The molecule has 0 aromatic carbocycles. The van der Waals surface area contributed by atoms with Crippen molar-refractivity contribution in [3.63, 3.8) is 0 Å². The summed E-state index contributed by atoms with van der Waals surface area (Å²) in [6.45, 7) is 7.23. The van der Waals surface area contributed by atoms with Gasteiger partial charge in [0.15, 0.2) is 0 Å². The molecule has 0 radical (unpaired) electrons. The molecule has 1 N–H and O–H groups in total. The van der Waals surface area contributed by atoms with Crippen molar-refractivity contribution in [2.24, 2.45) is 0 Å². The lowest BCUT2D eigenvalue weighted by molar-refractivity contribution is 0.324. The molecule has 1 saturated heterocycles. The Hall–Kier alpha value is 0.270. The van der Waals surface area contributed by atoms with Crippen molar-refractivity contribution in [1.29, 1.82) is 0 Å². The minimum Gasteiger partial charge on any atom is -0.313 e. The molecule has 0 bridgehead atoms. The third kappa shape index (κ3) is 2.44. The number of nitrogens with one attached hydrogen (secondary N) is 1. The van der Waals surface area contributed by atoms with E-state index < -0.39 is 0 Å². The molecule has 0 aromatic heterocycles. The lowest BCUT2D eigenvalue weighted by atomic mass is 10.3. The van der Waals surface area contributed by atoms with Crippen LogP contribution in [0.5, 0.6) is 0 Å². The van der Waals surface area contributed by atoms with Gasteiger partial charge in [-0.05, 0) is 38.6 Å². The second-order valence-corrected chi connectivity index (χ2v) is 5.94. The van der Waals surface area contributed by atoms with E-state index >= 15 is 0 Å². The maximum Gasteiger partial charge on any atom is 0.0285 e. The molecule has 1 aliphatic heterocycles. The first kappa shape index (κ1) is 10.8. The summed E-state index contributed by atoms with van der Waals surface area (Å²) in [5, 5.41) is 3.55. The van der Waals surface area contributed by atoms with Gasteiger partial charge in [-0.2, -0.15) is 11.8 Å². The first-order valence-electron chi connectivity index (χ1n) is 5.79. The van der Waals surface area contributed by atoms with Crippen molar-refractivity contribution >= 4 is 11.8 Å². The number of nitrogens with zero attached hydrogens (tertiary/aromatic N) is 1. The summed E-state index contributed by atoms with van der Waals surface area (Å²) in [5.41, 5.74) is 0. The van der Waals surface area contributed by atoms with Crippen LogP contribution in [0.25, 0.3) is 0 Å². The average Bonchev–Trinajstić information content (AvgIpc) is 2.82. The Kier molecular flexibility index (Phi) is 3.40. The molecule has 1 unspecified atom stereocenters. The van der Waals surface area contributed by atoms with E-state index in [0.717, 1.165) is 12.6 Å². The molecule has 1 atom stereocenters. The molecule has 2 fully saturated rings. The van der Waals surface area contributed by atoms with Gasteiger partial charge in [-0.15, -0.1) is 0 Å². The average molecular weight is 214 g/mol. The van der Waals surface area contributed by atoms with Crippen LogP contribution < -0.4 is 5.32 Å². The van der Waals surface area contributed by atoms with E-state index in [1.54, 1.807) is 0 Å². The predicted octanol–water partition coefficient (Wildman–Crippen LogP) is 1.57. The summed E-state index contributed by atoms with van der Waals surface area (Å²) in [6, 6.07) is 0.762. The zero-order chi connectivity index (χ0) is 10.0. The summed E-state index contributed by atoms with van der Waals surface area (Å²) in [6.07, 6.45) is 6.50. The van der Waals surface area contributed by atoms with Crippen molar-refractivity contribution in [3.8, 4) is 0 Å². The predicted molar refractivity (Wildman–Crippen MR) is 64.0 cm³/mol. The van der Waals surface area contributed by atoms with Crippen LogP contribution in [0.15, 0.2) is 0 Å². The summed E-state index contributed by atoms with van der Waals surface area (Å²) in [7, 11) is 0. The molecule has 1 saturated carbocycles. The van der Waals surface area contributed by atoms with Gasteiger partial charge < -0.3 is 10.2 Å². The molecule has 0 spiro atoms.